The minimum Gasteiger partial charge on any atom is -0.468 e. The van der Waals surface area contributed by atoms with Crippen molar-refractivity contribution in [1.82, 2.24) is 9.62 Å². The van der Waals surface area contributed by atoms with Crippen molar-refractivity contribution in [3.8, 4) is 0 Å². The highest BCUT2D eigenvalue weighted by Gasteiger charge is 2.28. The molecule has 0 aliphatic carbocycles. The van der Waals surface area contributed by atoms with Gasteiger partial charge in [-0.3, -0.25) is 9.69 Å². The Morgan fingerprint density at radius 3 is 2.63 bits per heavy atom. The molecule has 1 amide bonds. The molecule has 1 atom stereocenters. The molecule has 1 aliphatic rings. The number of sulfonamides is 1. The van der Waals surface area contributed by atoms with Crippen LogP contribution in [-0.4, -0.2) is 38.9 Å². The molecule has 0 spiro atoms. The normalized spacial score (nSPS) is 16.4. The molecule has 0 bridgehead atoms. The maximum Gasteiger partial charge on any atom is 0.240 e. The Morgan fingerprint density at radius 1 is 1.26 bits per heavy atom. The molecule has 2 aromatic rings. The standard InChI is InChI=1S/C19H25N3O4S/c1-14-7-8-16(21-15(2)23)12-19(14)27(24,25)20-13-17(18-6-5-11-26-18)22-9-3-4-10-22/h5-8,11-12,17,20H,3-4,9-10,13H2,1-2H3,(H,21,23). The first-order valence-corrected chi connectivity index (χ1v) is 10.5. The monoisotopic (exact) mass is 391 g/mol. The van der Waals surface area contributed by atoms with Crippen LogP contribution in [-0.2, 0) is 14.8 Å². The SMILES string of the molecule is CC(=O)Nc1ccc(C)c(S(=O)(=O)NCC(c2ccco2)N2CCCC2)c1. The van der Waals surface area contributed by atoms with Crippen molar-refractivity contribution >= 4 is 21.6 Å². The highest BCUT2D eigenvalue weighted by Crippen LogP contribution is 2.26. The molecule has 3 rings (SSSR count). The number of nitrogens with zero attached hydrogens (tertiary/aromatic N) is 1. The summed E-state index contributed by atoms with van der Waals surface area (Å²) in [6.07, 6.45) is 3.80. The number of nitrogens with one attached hydrogen (secondary N) is 2. The Hall–Kier alpha value is -2.16. The van der Waals surface area contributed by atoms with E-state index in [0.29, 0.717) is 11.3 Å². The summed E-state index contributed by atoms with van der Waals surface area (Å²) in [5.74, 6) is 0.505. The second-order valence-corrected chi connectivity index (χ2v) is 8.52. The van der Waals surface area contributed by atoms with Gasteiger partial charge < -0.3 is 9.73 Å². The predicted molar refractivity (Wildman–Crippen MR) is 103 cm³/mol. The third-order valence-electron chi connectivity index (χ3n) is 4.72. The third-order valence-corrected chi connectivity index (χ3v) is 6.28. The van der Waals surface area contributed by atoms with Crippen molar-refractivity contribution < 1.29 is 17.6 Å². The first kappa shape index (κ1) is 19.6. The second-order valence-electron chi connectivity index (χ2n) is 6.79. The van der Waals surface area contributed by atoms with Crippen LogP contribution in [0, 0.1) is 6.92 Å². The third kappa shape index (κ3) is 4.77. The lowest BCUT2D eigenvalue weighted by Gasteiger charge is -2.26. The summed E-state index contributed by atoms with van der Waals surface area (Å²) >= 11 is 0. The molecule has 1 aliphatic heterocycles. The molecule has 0 saturated carbocycles. The number of carbonyl (C=O) groups is 1. The summed E-state index contributed by atoms with van der Waals surface area (Å²) in [5.41, 5.74) is 1.07. The molecular formula is C19H25N3O4S. The van der Waals surface area contributed by atoms with E-state index < -0.39 is 10.0 Å². The van der Waals surface area contributed by atoms with Crippen LogP contribution in [0.5, 0.6) is 0 Å². The number of hydrogen-bond donors (Lipinski definition) is 2. The molecule has 1 saturated heterocycles. The largest absolute Gasteiger partial charge is 0.468 e. The fourth-order valence-corrected chi connectivity index (χ4v) is 4.69. The Balaban J connectivity index is 1.80. The van der Waals surface area contributed by atoms with Crippen LogP contribution in [0.1, 0.15) is 37.1 Å². The van der Waals surface area contributed by atoms with Gasteiger partial charge in [-0.15, -0.1) is 0 Å². The van der Waals surface area contributed by atoms with Gasteiger partial charge >= 0.3 is 0 Å². The van der Waals surface area contributed by atoms with Crippen molar-refractivity contribution in [3.63, 3.8) is 0 Å². The fraction of sp³-hybridized carbons (Fsp3) is 0.421. The highest BCUT2D eigenvalue weighted by molar-refractivity contribution is 7.89. The maximum atomic E-state index is 12.9. The number of benzene rings is 1. The molecule has 1 aromatic carbocycles. The molecule has 0 radical (unpaired) electrons. The number of aryl methyl sites for hydroxylation is 1. The molecule has 2 N–H and O–H groups in total. The Morgan fingerprint density at radius 2 is 2.00 bits per heavy atom. The van der Waals surface area contributed by atoms with Gasteiger partial charge in [0.25, 0.3) is 0 Å². The van der Waals surface area contributed by atoms with Crippen molar-refractivity contribution in [3.05, 3.63) is 47.9 Å². The van der Waals surface area contributed by atoms with E-state index in [-0.39, 0.29) is 23.4 Å². The minimum absolute atomic E-state index is 0.142. The molecule has 1 fully saturated rings. The van der Waals surface area contributed by atoms with E-state index >= 15 is 0 Å². The van der Waals surface area contributed by atoms with E-state index in [1.807, 2.05) is 12.1 Å². The quantitative estimate of drug-likeness (QED) is 0.757. The lowest BCUT2D eigenvalue weighted by atomic mass is 10.2. The highest BCUT2D eigenvalue weighted by atomic mass is 32.2. The van der Waals surface area contributed by atoms with E-state index in [4.69, 9.17) is 4.42 Å². The van der Waals surface area contributed by atoms with Crippen molar-refractivity contribution in [1.29, 1.82) is 0 Å². The number of furan rings is 1. The lowest BCUT2D eigenvalue weighted by Crippen LogP contribution is -2.36. The van der Waals surface area contributed by atoms with Crippen molar-refractivity contribution in [2.45, 2.75) is 37.6 Å². The van der Waals surface area contributed by atoms with E-state index in [2.05, 4.69) is 14.9 Å². The molecule has 1 aromatic heterocycles. The minimum atomic E-state index is -3.73. The number of amides is 1. The average Bonchev–Trinajstić information content (AvgIpc) is 3.30. The number of rotatable bonds is 7. The van der Waals surface area contributed by atoms with Gasteiger partial charge in [0.1, 0.15) is 5.76 Å². The van der Waals surface area contributed by atoms with Crippen molar-refractivity contribution in [2.75, 3.05) is 25.0 Å². The van der Waals surface area contributed by atoms with Crippen LogP contribution in [0.3, 0.4) is 0 Å². The van der Waals surface area contributed by atoms with Gasteiger partial charge in [0.2, 0.25) is 15.9 Å². The van der Waals surface area contributed by atoms with Gasteiger partial charge in [-0.2, -0.15) is 0 Å². The maximum absolute atomic E-state index is 12.9. The van der Waals surface area contributed by atoms with Crippen LogP contribution in [0.2, 0.25) is 0 Å². The van der Waals surface area contributed by atoms with Crippen LogP contribution in [0.4, 0.5) is 5.69 Å². The number of likely N-dealkylation sites (tertiary alicyclic amines) is 1. The zero-order valence-corrected chi connectivity index (χ0v) is 16.4. The Bertz CT molecular complexity index is 888. The Kier molecular flexibility index (Phi) is 5.98. The number of anilines is 1. The zero-order chi connectivity index (χ0) is 19.4. The second kappa shape index (κ2) is 8.24. The van der Waals surface area contributed by atoms with Crippen LogP contribution in [0.25, 0.3) is 0 Å². The summed E-state index contributed by atoms with van der Waals surface area (Å²) in [7, 11) is -3.73. The van der Waals surface area contributed by atoms with E-state index in [9.17, 15) is 13.2 Å². The van der Waals surface area contributed by atoms with Gasteiger partial charge in [0.05, 0.1) is 17.2 Å². The Labute approximate surface area is 159 Å². The molecule has 2 heterocycles. The average molecular weight is 391 g/mol. The first-order valence-electron chi connectivity index (χ1n) is 9.02. The molecule has 27 heavy (non-hydrogen) atoms. The number of carbonyl (C=O) groups excluding carboxylic acids is 1. The predicted octanol–water partition coefficient (Wildman–Crippen LogP) is 2.66. The van der Waals surface area contributed by atoms with E-state index in [0.717, 1.165) is 31.7 Å². The lowest BCUT2D eigenvalue weighted by molar-refractivity contribution is -0.114. The van der Waals surface area contributed by atoms with Crippen LogP contribution < -0.4 is 10.0 Å². The molecule has 7 nitrogen and oxygen atoms in total. The van der Waals surface area contributed by atoms with E-state index in [1.54, 1.807) is 25.3 Å². The van der Waals surface area contributed by atoms with Crippen LogP contribution >= 0.6 is 0 Å². The van der Waals surface area contributed by atoms with Gasteiger partial charge in [-0.1, -0.05) is 6.07 Å². The fourth-order valence-electron chi connectivity index (χ4n) is 3.38. The van der Waals surface area contributed by atoms with Crippen LogP contribution in [0.15, 0.2) is 45.9 Å². The van der Waals surface area contributed by atoms with Gasteiger partial charge in [0.15, 0.2) is 0 Å². The van der Waals surface area contributed by atoms with E-state index in [1.165, 1.54) is 13.0 Å². The zero-order valence-electron chi connectivity index (χ0n) is 15.6. The molecule has 1 unspecified atom stereocenters. The van der Waals surface area contributed by atoms with Gasteiger partial charge in [-0.25, -0.2) is 13.1 Å². The first-order chi connectivity index (χ1) is 12.9. The summed E-state index contributed by atoms with van der Waals surface area (Å²) in [4.78, 5) is 13.7. The topological polar surface area (TPSA) is 91.6 Å². The summed E-state index contributed by atoms with van der Waals surface area (Å²) in [5, 5.41) is 2.62. The molecular weight excluding hydrogens is 366 g/mol. The number of hydrogen-bond acceptors (Lipinski definition) is 5. The summed E-state index contributed by atoms with van der Waals surface area (Å²) < 4.78 is 34.1. The smallest absolute Gasteiger partial charge is 0.240 e. The summed E-state index contributed by atoms with van der Waals surface area (Å²) in [6.45, 7) is 5.18. The summed E-state index contributed by atoms with van der Waals surface area (Å²) in [6, 6.07) is 8.40. The van der Waals surface area contributed by atoms with Gasteiger partial charge in [-0.05, 0) is 62.7 Å². The molecule has 8 heteroatoms. The van der Waals surface area contributed by atoms with Crippen molar-refractivity contribution in [2.24, 2.45) is 0 Å². The molecule has 146 valence electrons. The van der Waals surface area contributed by atoms with Gasteiger partial charge in [0, 0.05) is 19.2 Å².